The van der Waals surface area contributed by atoms with E-state index in [1.165, 1.54) is 6.07 Å². The molecular weight excluding hydrogens is 295 g/mol. The molecule has 0 amide bonds. The molecule has 0 aromatic heterocycles. The molecule has 0 spiro atoms. The van der Waals surface area contributed by atoms with Crippen molar-refractivity contribution in [3.63, 3.8) is 0 Å². The largest absolute Gasteiger partial charge is 0.480 e. The first-order valence-electron chi connectivity index (χ1n) is 6.00. The lowest BCUT2D eigenvalue weighted by Gasteiger charge is -2.16. The highest BCUT2D eigenvalue weighted by Gasteiger charge is 2.34. The molecule has 2 N–H and O–H groups in total. The molecule has 1 aliphatic heterocycles. The third kappa shape index (κ3) is 3.86. The van der Waals surface area contributed by atoms with Gasteiger partial charge in [-0.15, -0.1) is 12.4 Å². The zero-order valence-electron chi connectivity index (χ0n) is 10.5. The van der Waals surface area contributed by atoms with Crippen LogP contribution in [0.1, 0.15) is 17.5 Å². The Morgan fingerprint density at radius 3 is 2.70 bits per heavy atom. The monoisotopic (exact) mass is 309 g/mol. The minimum absolute atomic E-state index is 0. The number of rotatable bonds is 3. The molecule has 1 aliphatic rings. The van der Waals surface area contributed by atoms with E-state index in [9.17, 15) is 18.0 Å². The summed E-state index contributed by atoms with van der Waals surface area (Å²) < 4.78 is 37.7. The van der Waals surface area contributed by atoms with Crippen LogP contribution < -0.4 is 5.32 Å². The molecule has 1 aromatic rings. The number of carboxylic acids is 1. The molecule has 1 unspecified atom stereocenters. The topological polar surface area (TPSA) is 49.3 Å². The molecule has 3 nitrogen and oxygen atoms in total. The molecule has 1 fully saturated rings. The van der Waals surface area contributed by atoms with Crippen LogP contribution in [0.5, 0.6) is 0 Å². The average molecular weight is 310 g/mol. The Labute approximate surface area is 120 Å². The van der Waals surface area contributed by atoms with E-state index in [-0.39, 0.29) is 18.3 Å². The molecule has 2 atom stereocenters. The van der Waals surface area contributed by atoms with E-state index in [0.717, 1.165) is 12.1 Å². The predicted octanol–water partition coefficient (Wildman–Crippen LogP) is 2.73. The summed E-state index contributed by atoms with van der Waals surface area (Å²) in [5.74, 6) is -1.12. The van der Waals surface area contributed by atoms with E-state index in [4.69, 9.17) is 5.11 Å². The summed E-state index contributed by atoms with van der Waals surface area (Å²) in [5, 5.41) is 11.9. The van der Waals surface area contributed by atoms with Gasteiger partial charge in [-0.1, -0.05) is 18.2 Å². The molecule has 0 saturated carbocycles. The minimum Gasteiger partial charge on any atom is -0.480 e. The molecule has 0 aliphatic carbocycles. The van der Waals surface area contributed by atoms with Crippen LogP contribution in [0.25, 0.3) is 0 Å². The van der Waals surface area contributed by atoms with Crippen molar-refractivity contribution in [3.8, 4) is 0 Å². The van der Waals surface area contributed by atoms with Gasteiger partial charge in [-0.05, 0) is 36.9 Å². The van der Waals surface area contributed by atoms with Gasteiger partial charge in [0.05, 0.1) is 5.56 Å². The number of aliphatic carboxylic acids is 1. The summed E-state index contributed by atoms with van der Waals surface area (Å²) in [6.45, 7) is 0.584. The highest BCUT2D eigenvalue weighted by atomic mass is 35.5. The number of hydrogen-bond donors (Lipinski definition) is 2. The van der Waals surface area contributed by atoms with Gasteiger partial charge in [-0.2, -0.15) is 13.2 Å². The van der Waals surface area contributed by atoms with Crippen molar-refractivity contribution in [1.29, 1.82) is 0 Å². The summed E-state index contributed by atoms with van der Waals surface area (Å²) in [5.41, 5.74) is -0.169. The number of hydrogen-bond acceptors (Lipinski definition) is 2. The van der Waals surface area contributed by atoms with Crippen molar-refractivity contribution in [2.24, 2.45) is 5.92 Å². The summed E-state index contributed by atoms with van der Waals surface area (Å²) in [7, 11) is 0. The predicted molar refractivity (Wildman–Crippen MR) is 69.9 cm³/mol. The second-order valence-corrected chi connectivity index (χ2v) is 4.72. The number of benzene rings is 1. The van der Waals surface area contributed by atoms with Crippen LogP contribution in [0.4, 0.5) is 13.2 Å². The number of halogens is 4. The maximum atomic E-state index is 12.6. The number of nitrogens with one attached hydrogen (secondary N) is 1. The molecule has 1 heterocycles. The fraction of sp³-hybridized carbons (Fsp3) is 0.462. The van der Waals surface area contributed by atoms with E-state index in [2.05, 4.69) is 5.32 Å². The van der Waals surface area contributed by atoms with Gasteiger partial charge in [0.1, 0.15) is 6.04 Å². The second-order valence-electron chi connectivity index (χ2n) is 4.72. The van der Waals surface area contributed by atoms with Crippen LogP contribution in [0.15, 0.2) is 24.3 Å². The molecule has 20 heavy (non-hydrogen) atoms. The first kappa shape index (κ1) is 16.8. The SMILES string of the molecule is Cl.O=C(O)[C@H]1NCCC1Cc1cccc(C(F)(F)F)c1. The Kier molecular flexibility index (Phi) is 5.42. The average Bonchev–Trinajstić information content (AvgIpc) is 2.76. The van der Waals surface area contributed by atoms with Crippen molar-refractivity contribution < 1.29 is 23.1 Å². The van der Waals surface area contributed by atoms with Gasteiger partial charge < -0.3 is 10.4 Å². The minimum atomic E-state index is -4.36. The van der Waals surface area contributed by atoms with Crippen LogP contribution in [-0.2, 0) is 17.4 Å². The molecule has 2 rings (SSSR count). The van der Waals surface area contributed by atoms with Gasteiger partial charge >= 0.3 is 12.1 Å². The standard InChI is InChI=1S/C13H14F3NO2.ClH/c14-13(15,16)10-3-1-2-8(7-10)6-9-4-5-17-11(9)12(18)19;/h1-3,7,9,11,17H,4-6H2,(H,18,19);1H/t9?,11-;/m0./s1. The van der Waals surface area contributed by atoms with E-state index in [1.807, 2.05) is 0 Å². The first-order chi connectivity index (χ1) is 8.88. The zero-order valence-corrected chi connectivity index (χ0v) is 11.3. The van der Waals surface area contributed by atoms with E-state index in [0.29, 0.717) is 24.9 Å². The van der Waals surface area contributed by atoms with Gasteiger partial charge in [-0.3, -0.25) is 4.79 Å². The Morgan fingerprint density at radius 1 is 1.40 bits per heavy atom. The lowest BCUT2D eigenvalue weighted by atomic mass is 9.92. The lowest BCUT2D eigenvalue weighted by molar-refractivity contribution is -0.140. The molecular formula is C13H15ClF3NO2. The molecule has 1 saturated heterocycles. The van der Waals surface area contributed by atoms with Crippen molar-refractivity contribution in [3.05, 3.63) is 35.4 Å². The summed E-state index contributed by atoms with van der Waals surface area (Å²) in [4.78, 5) is 11.0. The summed E-state index contributed by atoms with van der Waals surface area (Å²) in [6.07, 6.45) is -3.36. The Hall–Kier alpha value is -1.27. The van der Waals surface area contributed by atoms with Crippen LogP contribution in [-0.4, -0.2) is 23.7 Å². The van der Waals surface area contributed by atoms with E-state index >= 15 is 0 Å². The van der Waals surface area contributed by atoms with Crippen molar-refractivity contribution in [1.82, 2.24) is 5.32 Å². The van der Waals surface area contributed by atoms with E-state index in [1.54, 1.807) is 6.07 Å². The van der Waals surface area contributed by atoms with Gasteiger partial charge in [-0.25, -0.2) is 0 Å². The van der Waals surface area contributed by atoms with Crippen molar-refractivity contribution >= 4 is 18.4 Å². The first-order valence-corrected chi connectivity index (χ1v) is 6.00. The lowest BCUT2D eigenvalue weighted by Crippen LogP contribution is -2.36. The fourth-order valence-corrected chi connectivity index (χ4v) is 2.44. The fourth-order valence-electron chi connectivity index (χ4n) is 2.44. The quantitative estimate of drug-likeness (QED) is 0.902. The third-order valence-corrected chi connectivity index (χ3v) is 3.37. The highest BCUT2D eigenvalue weighted by Crippen LogP contribution is 2.30. The van der Waals surface area contributed by atoms with E-state index < -0.39 is 23.8 Å². The van der Waals surface area contributed by atoms with Gasteiger partial charge in [0.15, 0.2) is 0 Å². The number of alkyl halides is 3. The maximum absolute atomic E-state index is 12.6. The molecule has 1 aromatic carbocycles. The second kappa shape index (κ2) is 6.45. The van der Waals surface area contributed by atoms with Gasteiger partial charge in [0.2, 0.25) is 0 Å². The Morgan fingerprint density at radius 2 is 2.10 bits per heavy atom. The smallest absolute Gasteiger partial charge is 0.416 e. The van der Waals surface area contributed by atoms with Gasteiger partial charge in [0, 0.05) is 0 Å². The molecule has 7 heteroatoms. The van der Waals surface area contributed by atoms with Crippen LogP contribution in [0.3, 0.4) is 0 Å². The van der Waals surface area contributed by atoms with Crippen molar-refractivity contribution in [2.75, 3.05) is 6.54 Å². The van der Waals surface area contributed by atoms with Gasteiger partial charge in [0.25, 0.3) is 0 Å². The third-order valence-electron chi connectivity index (χ3n) is 3.37. The Bertz CT molecular complexity index is 479. The number of carboxylic acid groups (broad SMARTS) is 1. The highest BCUT2D eigenvalue weighted by molar-refractivity contribution is 5.85. The maximum Gasteiger partial charge on any atom is 0.416 e. The van der Waals surface area contributed by atoms with Crippen LogP contribution in [0.2, 0.25) is 0 Å². The summed E-state index contributed by atoms with van der Waals surface area (Å²) >= 11 is 0. The Balaban J connectivity index is 0.00000200. The molecule has 0 bridgehead atoms. The van der Waals surface area contributed by atoms with Crippen molar-refractivity contribution in [2.45, 2.75) is 25.1 Å². The number of carbonyl (C=O) groups is 1. The van der Waals surface area contributed by atoms with Crippen LogP contribution in [0, 0.1) is 5.92 Å². The molecule has 0 radical (unpaired) electrons. The van der Waals surface area contributed by atoms with Crippen LogP contribution >= 0.6 is 12.4 Å². The molecule has 112 valence electrons. The summed E-state index contributed by atoms with van der Waals surface area (Å²) in [6, 6.07) is 4.40. The normalized spacial score (nSPS) is 22.4. The zero-order chi connectivity index (χ0) is 14.0.